The van der Waals surface area contributed by atoms with Crippen LogP contribution in [-0.2, 0) is 0 Å². The fourth-order valence-corrected chi connectivity index (χ4v) is 2.68. The van der Waals surface area contributed by atoms with Crippen molar-refractivity contribution in [3.63, 3.8) is 0 Å². The zero-order chi connectivity index (χ0) is 20.4. The third-order valence-electron chi connectivity index (χ3n) is 4.25. The van der Waals surface area contributed by atoms with Crippen LogP contribution in [0, 0.1) is 0 Å². The van der Waals surface area contributed by atoms with Crippen LogP contribution in [0.4, 0.5) is 0 Å². The van der Waals surface area contributed by atoms with Gasteiger partial charge in [0.15, 0.2) is 11.5 Å². The molecule has 0 aliphatic heterocycles. The minimum atomic E-state index is 0.0504. The van der Waals surface area contributed by atoms with Gasteiger partial charge in [0, 0.05) is 22.8 Å². The molecule has 0 saturated carbocycles. The lowest BCUT2D eigenvalue weighted by Gasteiger charge is -2.05. The Morgan fingerprint density at radius 3 is 2.21 bits per heavy atom. The number of ketones is 1. The Morgan fingerprint density at radius 2 is 1.61 bits per heavy atom. The maximum Gasteiger partial charge on any atom is 0.167 e. The summed E-state index contributed by atoms with van der Waals surface area (Å²) in [7, 11) is 0. The van der Waals surface area contributed by atoms with Gasteiger partial charge in [0.2, 0.25) is 0 Å². The molecule has 3 aromatic rings. The molecule has 0 aliphatic rings. The minimum Gasteiger partial charge on any atom is -0.494 e. The summed E-state index contributed by atoms with van der Waals surface area (Å²) in [6.45, 7) is 8.48. The highest BCUT2D eigenvalue weighted by molar-refractivity contribution is 5.94. The number of rotatable bonds is 8. The molecule has 1 aromatic heterocycles. The first kappa shape index (κ1) is 21.4. The van der Waals surface area contributed by atoms with E-state index in [0.29, 0.717) is 11.3 Å². The molecule has 0 unspecified atom stereocenters. The number of aromatic nitrogens is 1. The number of hydrogen-bond acceptors (Lipinski definition) is 4. The van der Waals surface area contributed by atoms with Crippen LogP contribution in [-0.4, -0.2) is 17.5 Å². The molecule has 0 N–H and O–H groups in total. The second kappa shape index (κ2) is 11.1. The van der Waals surface area contributed by atoms with E-state index < -0.39 is 0 Å². The van der Waals surface area contributed by atoms with E-state index in [-0.39, 0.29) is 5.78 Å². The SMILES string of the molecule is CC.CCCCCOc1ccc(-c2cc(-c3ccc(C(C)=O)cc3)no2)cc1. The van der Waals surface area contributed by atoms with Gasteiger partial charge in [-0.1, -0.05) is 63.0 Å². The number of nitrogens with zero attached hydrogens (tertiary/aromatic N) is 1. The molecule has 0 amide bonds. The summed E-state index contributed by atoms with van der Waals surface area (Å²) in [6.07, 6.45) is 3.45. The number of Topliss-reactive ketones (excluding diaryl/α,β-unsaturated/α-hetero) is 1. The first-order chi connectivity index (χ1) is 13.7. The maximum absolute atomic E-state index is 11.4. The zero-order valence-electron chi connectivity index (χ0n) is 17.2. The third-order valence-corrected chi connectivity index (χ3v) is 4.25. The van der Waals surface area contributed by atoms with Crippen LogP contribution in [0.15, 0.2) is 59.1 Å². The summed E-state index contributed by atoms with van der Waals surface area (Å²) < 4.78 is 11.2. The second-order valence-corrected chi connectivity index (χ2v) is 6.29. The van der Waals surface area contributed by atoms with Gasteiger partial charge in [-0.2, -0.15) is 0 Å². The molecule has 0 fully saturated rings. The van der Waals surface area contributed by atoms with Crippen molar-refractivity contribution in [2.45, 2.75) is 47.0 Å². The standard InChI is InChI=1S/C22H23NO3.C2H6/c1-3-4-5-14-25-20-12-10-19(11-13-20)22-15-21(23-26-22)18-8-6-17(7-9-18)16(2)24;1-2/h6-13,15H,3-5,14H2,1-2H3;1-2H3. The normalized spacial score (nSPS) is 10.1. The van der Waals surface area contributed by atoms with Crippen LogP contribution >= 0.6 is 0 Å². The van der Waals surface area contributed by atoms with Gasteiger partial charge in [-0.15, -0.1) is 0 Å². The minimum absolute atomic E-state index is 0.0504. The quantitative estimate of drug-likeness (QED) is 0.319. The van der Waals surface area contributed by atoms with Crippen molar-refractivity contribution in [2.24, 2.45) is 0 Å². The van der Waals surface area contributed by atoms with Crippen molar-refractivity contribution in [1.29, 1.82) is 0 Å². The van der Waals surface area contributed by atoms with Crippen molar-refractivity contribution < 1.29 is 14.1 Å². The largest absolute Gasteiger partial charge is 0.494 e. The van der Waals surface area contributed by atoms with Gasteiger partial charge in [0.05, 0.1) is 6.61 Å². The number of carbonyl (C=O) groups is 1. The summed E-state index contributed by atoms with van der Waals surface area (Å²) in [4.78, 5) is 11.4. The number of carbonyl (C=O) groups excluding carboxylic acids is 1. The number of benzene rings is 2. The van der Waals surface area contributed by atoms with Crippen molar-refractivity contribution in [2.75, 3.05) is 6.61 Å². The van der Waals surface area contributed by atoms with Gasteiger partial charge in [-0.25, -0.2) is 0 Å². The molecule has 28 heavy (non-hydrogen) atoms. The van der Waals surface area contributed by atoms with E-state index in [9.17, 15) is 4.79 Å². The Hall–Kier alpha value is -2.88. The zero-order valence-corrected chi connectivity index (χ0v) is 17.2. The first-order valence-electron chi connectivity index (χ1n) is 9.98. The molecular weight excluding hydrogens is 350 g/mol. The molecule has 0 saturated heterocycles. The predicted molar refractivity (Wildman–Crippen MR) is 114 cm³/mol. The van der Waals surface area contributed by atoms with E-state index in [1.165, 1.54) is 12.8 Å². The van der Waals surface area contributed by atoms with Gasteiger partial charge in [-0.3, -0.25) is 4.79 Å². The average Bonchev–Trinajstić information content (AvgIpc) is 3.23. The van der Waals surface area contributed by atoms with Crippen LogP contribution in [0.5, 0.6) is 5.75 Å². The molecule has 0 spiro atoms. The van der Waals surface area contributed by atoms with Gasteiger partial charge >= 0.3 is 0 Å². The van der Waals surface area contributed by atoms with E-state index in [1.807, 2.05) is 56.3 Å². The molecule has 2 aromatic carbocycles. The number of hydrogen-bond donors (Lipinski definition) is 0. The summed E-state index contributed by atoms with van der Waals surface area (Å²) >= 11 is 0. The molecule has 3 rings (SSSR count). The van der Waals surface area contributed by atoms with Gasteiger partial charge in [0.1, 0.15) is 11.4 Å². The van der Waals surface area contributed by atoms with E-state index >= 15 is 0 Å². The monoisotopic (exact) mass is 379 g/mol. The Morgan fingerprint density at radius 1 is 0.964 bits per heavy atom. The molecule has 0 radical (unpaired) electrons. The van der Waals surface area contributed by atoms with Crippen molar-refractivity contribution in [3.8, 4) is 28.3 Å². The summed E-state index contributed by atoms with van der Waals surface area (Å²) in [5.74, 6) is 1.62. The molecule has 1 heterocycles. The first-order valence-corrected chi connectivity index (χ1v) is 9.98. The molecule has 148 valence electrons. The lowest BCUT2D eigenvalue weighted by molar-refractivity contribution is 0.101. The molecule has 0 atom stereocenters. The van der Waals surface area contributed by atoms with E-state index in [4.69, 9.17) is 9.26 Å². The van der Waals surface area contributed by atoms with Crippen LogP contribution in [0.25, 0.3) is 22.6 Å². The lowest BCUT2D eigenvalue weighted by atomic mass is 10.1. The smallest absolute Gasteiger partial charge is 0.167 e. The Bertz CT molecular complexity index is 848. The van der Waals surface area contributed by atoms with Crippen LogP contribution in [0.1, 0.15) is 57.3 Å². The Kier molecular flexibility index (Phi) is 8.47. The highest BCUT2D eigenvalue weighted by Crippen LogP contribution is 2.27. The summed E-state index contributed by atoms with van der Waals surface area (Å²) in [6, 6.07) is 17.1. The molecular formula is C24H29NO3. The molecule has 0 aliphatic carbocycles. The van der Waals surface area contributed by atoms with Crippen molar-refractivity contribution in [3.05, 3.63) is 60.2 Å². The summed E-state index contributed by atoms with van der Waals surface area (Å²) in [5, 5.41) is 4.14. The molecule has 0 bridgehead atoms. The number of unbranched alkanes of at least 4 members (excludes halogenated alkanes) is 2. The highest BCUT2D eigenvalue weighted by Gasteiger charge is 2.09. The molecule has 4 nitrogen and oxygen atoms in total. The lowest BCUT2D eigenvalue weighted by Crippen LogP contribution is -1.96. The van der Waals surface area contributed by atoms with Gasteiger partial charge < -0.3 is 9.26 Å². The van der Waals surface area contributed by atoms with E-state index in [2.05, 4.69) is 12.1 Å². The van der Waals surface area contributed by atoms with E-state index in [0.717, 1.165) is 35.6 Å². The van der Waals surface area contributed by atoms with Crippen molar-refractivity contribution in [1.82, 2.24) is 5.16 Å². The van der Waals surface area contributed by atoms with Crippen molar-refractivity contribution >= 4 is 5.78 Å². The topological polar surface area (TPSA) is 52.3 Å². The van der Waals surface area contributed by atoms with Gasteiger partial charge in [-0.05, 0) is 37.6 Å². The Labute approximate surface area is 167 Å². The summed E-state index contributed by atoms with van der Waals surface area (Å²) in [5.41, 5.74) is 3.30. The van der Waals surface area contributed by atoms with Crippen LogP contribution in [0.3, 0.4) is 0 Å². The highest BCUT2D eigenvalue weighted by atomic mass is 16.5. The number of ether oxygens (including phenoxy) is 1. The fraction of sp³-hybridized carbons (Fsp3) is 0.333. The van der Waals surface area contributed by atoms with E-state index in [1.54, 1.807) is 19.1 Å². The van der Waals surface area contributed by atoms with Crippen LogP contribution < -0.4 is 4.74 Å². The second-order valence-electron chi connectivity index (χ2n) is 6.29. The average molecular weight is 380 g/mol. The molecule has 4 heteroatoms. The fourth-order valence-electron chi connectivity index (χ4n) is 2.68. The third kappa shape index (κ3) is 5.81. The van der Waals surface area contributed by atoms with Gasteiger partial charge in [0.25, 0.3) is 0 Å². The van der Waals surface area contributed by atoms with Crippen LogP contribution in [0.2, 0.25) is 0 Å². The maximum atomic E-state index is 11.4. The Balaban J connectivity index is 0.00000136. The predicted octanol–water partition coefficient (Wildman–Crippen LogP) is 6.81.